The van der Waals surface area contributed by atoms with Gasteiger partial charge < -0.3 is 14.8 Å². The summed E-state index contributed by atoms with van der Waals surface area (Å²) in [5.74, 6) is 1.41. The Bertz CT molecular complexity index is 732. The molecule has 0 saturated heterocycles. The minimum Gasteiger partial charge on any atom is -0.493 e. The van der Waals surface area contributed by atoms with Crippen LogP contribution >= 0.6 is 11.6 Å². The number of benzene rings is 2. The second-order valence-corrected chi connectivity index (χ2v) is 6.23. The predicted octanol–water partition coefficient (Wildman–Crippen LogP) is 4.06. The Hall–Kier alpha value is -2.20. The van der Waals surface area contributed by atoms with Crippen LogP contribution in [-0.4, -0.2) is 19.1 Å². The van der Waals surface area contributed by atoms with E-state index in [4.69, 9.17) is 21.1 Å². The van der Waals surface area contributed by atoms with E-state index in [1.807, 2.05) is 31.2 Å². The fraction of sp³-hybridized carbons (Fsp3) is 0.316. The van der Waals surface area contributed by atoms with Crippen molar-refractivity contribution in [3.8, 4) is 11.5 Å². The molecule has 1 aliphatic heterocycles. The van der Waals surface area contributed by atoms with Gasteiger partial charge in [0.15, 0.2) is 0 Å². The van der Waals surface area contributed by atoms with E-state index in [-0.39, 0.29) is 18.4 Å². The average molecular weight is 346 g/mol. The van der Waals surface area contributed by atoms with Crippen molar-refractivity contribution >= 4 is 17.5 Å². The first-order chi connectivity index (χ1) is 11.6. The molecule has 1 unspecified atom stereocenters. The van der Waals surface area contributed by atoms with Gasteiger partial charge in [-0.15, -0.1) is 0 Å². The molecule has 0 bridgehead atoms. The molecule has 0 spiro atoms. The number of rotatable bonds is 5. The van der Waals surface area contributed by atoms with Crippen molar-refractivity contribution in [3.05, 3.63) is 58.6 Å². The van der Waals surface area contributed by atoms with Gasteiger partial charge in [-0.1, -0.05) is 41.4 Å². The normalized spacial score (nSPS) is 16.0. The van der Waals surface area contributed by atoms with Gasteiger partial charge in [0.1, 0.15) is 11.5 Å². The Morgan fingerprint density at radius 2 is 2.17 bits per heavy atom. The van der Waals surface area contributed by atoms with Crippen molar-refractivity contribution in [3.63, 3.8) is 0 Å². The van der Waals surface area contributed by atoms with Crippen LogP contribution in [-0.2, 0) is 4.79 Å². The third kappa shape index (κ3) is 4.01. The zero-order valence-electron chi connectivity index (χ0n) is 13.5. The van der Waals surface area contributed by atoms with Crippen LogP contribution in [0.15, 0.2) is 42.5 Å². The summed E-state index contributed by atoms with van der Waals surface area (Å²) in [4.78, 5) is 12.2. The molecule has 1 heterocycles. The monoisotopic (exact) mass is 345 g/mol. The first kappa shape index (κ1) is 16.7. The third-order valence-corrected chi connectivity index (χ3v) is 4.28. The molecule has 4 nitrogen and oxygen atoms in total. The smallest absolute Gasteiger partial charge is 0.223 e. The second kappa shape index (κ2) is 7.58. The molecule has 5 heteroatoms. The molecule has 0 aliphatic carbocycles. The van der Waals surface area contributed by atoms with Crippen LogP contribution in [0.1, 0.15) is 30.0 Å². The van der Waals surface area contributed by atoms with Crippen molar-refractivity contribution in [2.45, 2.75) is 25.8 Å². The lowest BCUT2D eigenvalue weighted by Gasteiger charge is -2.27. The van der Waals surface area contributed by atoms with E-state index >= 15 is 0 Å². The Labute approximate surface area is 146 Å². The van der Waals surface area contributed by atoms with Crippen LogP contribution in [0.5, 0.6) is 11.5 Å². The summed E-state index contributed by atoms with van der Waals surface area (Å²) in [6, 6.07) is 13.3. The molecule has 1 aliphatic rings. The van der Waals surface area contributed by atoms with Gasteiger partial charge in [0.05, 0.1) is 30.7 Å². The first-order valence-electron chi connectivity index (χ1n) is 8.03. The van der Waals surface area contributed by atoms with Crippen molar-refractivity contribution in [1.29, 1.82) is 0 Å². The molecule has 3 rings (SSSR count). The molecule has 0 radical (unpaired) electrons. The van der Waals surface area contributed by atoms with Crippen molar-refractivity contribution in [1.82, 2.24) is 5.32 Å². The summed E-state index contributed by atoms with van der Waals surface area (Å²) in [5.41, 5.74) is 2.20. The maximum absolute atomic E-state index is 12.2. The summed E-state index contributed by atoms with van der Waals surface area (Å²) in [6.07, 6.45) is 1.05. The summed E-state index contributed by atoms with van der Waals surface area (Å²) in [5, 5.41) is 3.62. The number of halogens is 1. The lowest BCUT2D eigenvalue weighted by Crippen LogP contribution is -2.33. The van der Waals surface area contributed by atoms with E-state index in [2.05, 4.69) is 11.4 Å². The van der Waals surface area contributed by atoms with Gasteiger partial charge >= 0.3 is 0 Å². The zero-order chi connectivity index (χ0) is 16.9. The number of aryl methyl sites for hydroxylation is 1. The van der Waals surface area contributed by atoms with Crippen LogP contribution in [0.25, 0.3) is 0 Å². The summed E-state index contributed by atoms with van der Waals surface area (Å²) in [7, 11) is 0. The highest BCUT2D eigenvalue weighted by Crippen LogP contribution is 2.32. The Morgan fingerprint density at radius 1 is 1.33 bits per heavy atom. The fourth-order valence-electron chi connectivity index (χ4n) is 2.75. The number of nitrogens with one attached hydrogen (secondary N) is 1. The van der Waals surface area contributed by atoms with E-state index in [0.717, 1.165) is 23.3 Å². The molecule has 0 saturated carbocycles. The van der Waals surface area contributed by atoms with Crippen molar-refractivity contribution in [2.24, 2.45) is 0 Å². The highest BCUT2D eigenvalue weighted by atomic mass is 35.5. The predicted molar refractivity (Wildman–Crippen MR) is 93.7 cm³/mol. The van der Waals surface area contributed by atoms with E-state index < -0.39 is 0 Å². The highest BCUT2D eigenvalue weighted by molar-refractivity contribution is 6.32. The topological polar surface area (TPSA) is 47.6 Å². The van der Waals surface area contributed by atoms with Crippen LogP contribution in [0.3, 0.4) is 0 Å². The van der Waals surface area contributed by atoms with Crippen molar-refractivity contribution < 1.29 is 14.3 Å². The number of amides is 1. The van der Waals surface area contributed by atoms with Gasteiger partial charge in [0.25, 0.3) is 0 Å². The summed E-state index contributed by atoms with van der Waals surface area (Å²) < 4.78 is 11.2. The number of ether oxygens (including phenoxy) is 2. The minimum absolute atomic E-state index is 0.0125. The molecule has 0 fully saturated rings. The van der Waals surface area contributed by atoms with Crippen LogP contribution < -0.4 is 14.8 Å². The molecule has 2 aromatic rings. The van der Waals surface area contributed by atoms with E-state index in [0.29, 0.717) is 24.0 Å². The third-order valence-electron chi connectivity index (χ3n) is 3.96. The van der Waals surface area contributed by atoms with E-state index in [9.17, 15) is 4.79 Å². The quantitative estimate of drug-likeness (QED) is 0.889. The summed E-state index contributed by atoms with van der Waals surface area (Å²) >= 11 is 6.03. The summed E-state index contributed by atoms with van der Waals surface area (Å²) in [6.45, 7) is 2.93. The van der Waals surface area contributed by atoms with Crippen LogP contribution in [0, 0.1) is 6.92 Å². The number of carbonyl (C=O) groups is 1. The molecule has 2 aromatic carbocycles. The molecule has 0 aromatic heterocycles. The first-order valence-corrected chi connectivity index (χ1v) is 8.41. The second-order valence-electron chi connectivity index (χ2n) is 5.83. The maximum atomic E-state index is 12.2. The molecule has 126 valence electrons. The Kier molecular flexibility index (Phi) is 5.26. The average Bonchev–Trinajstić information content (AvgIpc) is 2.57. The minimum atomic E-state index is -0.0404. The molecule has 24 heavy (non-hydrogen) atoms. The molecular formula is C19H20ClNO3. The van der Waals surface area contributed by atoms with Gasteiger partial charge in [-0.25, -0.2) is 0 Å². The lowest BCUT2D eigenvalue weighted by atomic mass is 9.98. The zero-order valence-corrected chi connectivity index (χ0v) is 14.3. The van der Waals surface area contributed by atoms with E-state index in [1.54, 1.807) is 12.1 Å². The highest BCUT2D eigenvalue weighted by Gasteiger charge is 2.23. The van der Waals surface area contributed by atoms with Gasteiger partial charge in [-0.05, 0) is 25.1 Å². The number of hydrogen-bond donors (Lipinski definition) is 1. The fourth-order valence-corrected chi connectivity index (χ4v) is 2.94. The lowest BCUT2D eigenvalue weighted by molar-refractivity contribution is -0.122. The maximum Gasteiger partial charge on any atom is 0.223 e. The van der Waals surface area contributed by atoms with Gasteiger partial charge in [-0.3, -0.25) is 4.79 Å². The molecule has 1 atom stereocenters. The van der Waals surface area contributed by atoms with Gasteiger partial charge in [0, 0.05) is 12.0 Å². The number of para-hydroxylation sites is 1. The molecule has 1 N–H and O–H groups in total. The number of hydrogen-bond acceptors (Lipinski definition) is 3. The SMILES string of the molecule is Cc1ccc2c(c1)C(NC(=O)CCOc1ccccc1Cl)CCO2. The standard InChI is InChI=1S/C19H20ClNO3/c1-13-6-7-17-14(12-13)16(8-10-23-17)21-19(22)9-11-24-18-5-3-2-4-15(18)20/h2-7,12,16H,8-11H2,1H3,(H,21,22). The Morgan fingerprint density at radius 3 is 3.00 bits per heavy atom. The largest absolute Gasteiger partial charge is 0.493 e. The van der Waals surface area contributed by atoms with Gasteiger partial charge in [0.2, 0.25) is 5.91 Å². The van der Waals surface area contributed by atoms with Crippen LogP contribution in [0.2, 0.25) is 5.02 Å². The number of fused-ring (bicyclic) bond motifs is 1. The Balaban J connectivity index is 1.55. The van der Waals surface area contributed by atoms with Gasteiger partial charge in [-0.2, -0.15) is 0 Å². The van der Waals surface area contributed by atoms with Crippen molar-refractivity contribution in [2.75, 3.05) is 13.2 Å². The number of carbonyl (C=O) groups excluding carboxylic acids is 1. The van der Waals surface area contributed by atoms with Crippen LogP contribution in [0.4, 0.5) is 0 Å². The molecule has 1 amide bonds. The van der Waals surface area contributed by atoms with E-state index in [1.165, 1.54) is 0 Å². The molecular weight excluding hydrogens is 326 g/mol.